The molecule has 1 atom stereocenters. The summed E-state index contributed by atoms with van der Waals surface area (Å²) in [5, 5.41) is 6.29. The zero-order valence-electron chi connectivity index (χ0n) is 13.4. The van der Waals surface area contributed by atoms with Crippen molar-refractivity contribution in [1.82, 2.24) is 10.7 Å². The number of hydrazone groups is 1. The molecule has 7 heteroatoms. The molecular formula is C17H21N3O4. The summed E-state index contributed by atoms with van der Waals surface area (Å²) in [4.78, 5) is 23.2. The summed E-state index contributed by atoms with van der Waals surface area (Å²) < 4.78 is 10.7. The van der Waals surface area contributed by atoms with Crippen molar-refractivity contribution in [3.63, 3.8) is 0 Å². The van der Waals surface area contributed by atoms with Gasteiger partial charge in [0.05, 0.1) is 12.3 Å². The summed E-state index contributed by atoms with van der Waals surface area (Å²) in [5.41, 5.74) is 2.95. The van der Waals surface area contributed by atoms with Crippen LogP contribution in [0.25, 0.3) is 0 Å². The van der Waals surface area contributed by atoms with Gasteiger partial charge in [-0.2, -0.15) is 5.10 Å². The van der Waals surface area contributed by atoms with E-state index >= 15 is 0 Å². The molecule has 2 N–H and O–H groups in total. The minimum atomic E-state index is -0.810. The normalized spacial score (nSPS) is 16.8. The molecule has 1 fully saturated rings. The second-order valence-electron chi connectivity index (χ2n) is 5.21. The van der Waals surface area contributed by atoms with Crippen LogP contribution in [0.2, 0.25) is 0 Å². The molecule has 1 aliphatic heterocycles. The van der Waals surface area contributed by atoms with Gasteiger partial charge < -0.3 is 14.8 Å². The van der Waals surface area contributed by atoms with E-state index in [1.165, 1.54) is 6.21 Å². The van der Waals surface area contributed by atoms with E-state index in [0.717, 1.165) is 18.4 Å². The molecule has 128 valence electrons. The highest BCUT2D eigenvalue weighted by atomic mass is 16.5. The van der Waals surface area contributed by atoms with E-state index in [9.17, 15) is 9.59 Å². The van der Waals surface area contributed by atoms with Gasteiger partial charge >= 0.3 is 11.8 Å². The SMILES string of the molecule is C=CCOc1ccc(/C=N\NC(=O)C(=O)NC[C@H]2CCCO2)cc1. The molecule has 0 radical (unpaired) electrons. The van der Waals surface area contributed by atoms with Crippen molar-refractivity contribution in [3.8, 4) is 5.75 Å². The molecule has 24 heavy (non-hydrogen) atoms. The lowest BCUT2D eigenvalue weighted by atomic mass is 10.2. The van der Waals surface area contributed by atoms with Crippen LogP contribution in [0.3, 0.4) is 0 Å². The minimum absolute atomic E-state index is 0.00734. The second kappa shape index (κ2) is 9.46. The molecule has 0 saturated carbocycles. The molecule has 0 spiro atoms. The fourth-order valence-electron chi connectivity index (χ4n) is 2.11. The molecule has 2 rings (SSSR count). The van der Waals surface area contributed by atoms with Gasteiger partial charge in [0.25, 0.3) is 0 Å². The van der Waals surface area contributed by atoms with Crippen LogP contribution in [0, 0.1) is 0 Å². The molecule has 1 saturated heterocycles. The number of nitrogens with one attached hydrogen (secondary N) is 2. The topological polar surface area (TPSA) is 89.0 Å². The predicted molar refractivity (Wildman–Crippen MR) is 89.9 cm³/mol. The zero-order valence-corrected chi connectivity index (χ0v) is 13.4. The van der Waals surface area contributed by atoms with E-state index in [1.54, 1.807) is 30.3 Å². The fraction of sp³-hybridized carbons (Fsp3) is 0.353. The van der Waals surface area contributed by atoms with Gasteiger partial charge in [0.2, 0.25) is 0 Å². The number of hydrogen-bond donors (Lipinski definition) is 2. The standard InChI is InChI=1S/C17H21N3O4/c1-2-9-23-14-7-5-13(6-8-14)11-19-20-17(22)16(21)18-12-15-4-3-10-24-15/h2,5-8,11,15H,1,3-4,9-10,12H2,(H,18,21)(H,20,22)/b19-11-/t15-/m1/s1. The number of carbonyl (C=O) groups excluding carboxylic acids is 2. The van der Waals surface area contributed by atoms with Gasteiger partial charge in [-0.3, -0.25) is 9.59 Å². The van der Waals surface area contributed by atoms with Crippen LogP contribution in [0.4, 0.5) is 0 Å². The van der Waals surface area contributed by atoms with E-state index < -0.39 is 11.8 Å². The van der Waals surface area contributed by atoms with E-state index in [-0.39, 0.29) is 6.10 Å². The summed E-state index contributed by atoms with van der Waals surface area (Å²) in [6, 6.07) is 7.12. The van der Waals surface area contributed by atoms with E-state index in [0.29, 0.717) is 25.5 Å². The summed E-state index contributed by atoms with van der Waals surface area (Å²) in [6.07, 6.45) is 4.98. The van der Waals surface area contributed by atoms with Crippen LogP contribution in [0.5, 0.6) is 5.75 Å². The van der Waals surface area contributed by atoms with Gasteiger partial charge in [-0.05, 0) is 42.7 Å². The number of hydrogen-bond acceptors (Lipinski definition) is 5. The maximum Gasteiger partial charge on any atom is 0.329 e. The molecular weight excluding hydrogens is 310 g/mol. The van der Waals surface area contributed by atoms with Crippen LogP contribution >= 0.6 is 0 Å². The number of ether oxygens (including phenoxy) is 2. The number of carbonyl (C=O) groups is 2. The number of amides is 2. The molecule has 7 nitrogen and oxygen atoms in total. The number of rotatable bonds is 7. The minimum Gasteiger partial charge on any atom is -0.490 e. The van der Waals surface area contributed by atoms with Gasteiger partial charge in [-0.1, -0.05) is 12.7 Å². The van der Waals surface area contributed by atoms with E-state index in [4.69, 9.17) is 9.47 Å². The Hall–Kier alpha value is -2.67. The van der Waals surface area contributed by atoms with Crippen molar-refractivity contribution in [2.75, 3.05) is 19.8 Å². The molecule has 0 aromatic heterocycles. The van der Waals surface area contributed by atoms with Crippen molar-refractivity contribution in [2.24, 2.45) is 5.10 Å². The third-order valence-electron chi connectivity index (χ3n) is 3.35. The third-order valence-corrected chi connectivity index (χ3v) is 3.35. The van der Waals surface area contributed by atoms with Crippen molar-refractivity contribution < 1.29 is 19.1 Å². The summed E-state index contributed by atoms with van der Waals surface area (Å²) >= 11 is 0. The zero-order chi connectivity index (χ0) is 17.2. The first-order valence-electron chi connectivity index (χ1n) is 7.75. The molecule has 1 aliphatic rings. The number of benzene rings is 1. The van der Waals surface area contributed by atoms with Gasteiger partial charge in [0.15, 0.2) is 0 Å². The Morgan fingerprint density at radius 1 is 1.33 bits per heavy atom. The molecule has 0 unspecified atom stereocenters. The highest BCUT2D eigenvalue weighted by molar-refractivity contribution is 6.35. The average Bonchev–Trinajstić information content (AvgIpc) is 3.12. The summed E-state index contributed by atoms with van der Waals surface area (Å²) in [5.74, 6) is -0.824. The van der Waals surface area contributed by atoms with E-state index in [2.05, 4.69) is 22.4 Å². The monoisotopic (exact) mass is 331 g/mol. The maximum atomic E-state index is 11.6. The van der Waals surface area contributed by atoms with Crippen LogP contribution in [-0.2, 0) is 14.3 Å². The smallest absolute Gasteiger partial charge is 0.329 e. The first kappa shape index (κ1) is 17.7. The van der Waals surface area contributed by atoms with Crippen molar-refractivity contribution >= 4 is 18.0 Å². The fourth-order valence-corrected chi connectivity index (χ4v) is 2.11. The molecule has 1 aromatic carbocycles. The first-order valence-corrected chi connectivity index (χ1v) is 7.75. The van der Waals surface area contributed by atoms with Crippen LogP contribution in [0.1, 0.15) is 18.4 Å². The van der Waals surface area contributed by atoms with Crippen molar-refractivity contribution in [2.45, 2.75) is 18.9 Å². The number of nitrogens with zero attached hydrogens (tertiary/aromatic N) is 1. The second-order valence-corrected chi connectivity index (χ2v) is 5.21. The molecule has 1 heterocycles. The highest BCUT2D eigenvalue weighted by Gasteiger charge is 2.18. The lowest BCUT2D eigenvalue weighted by Crippen LogP contribution is -2.41. The molecule has 0 bridgehead atoms. The Kier molecular flexibility index (Phi) is 6.97. The Morgan fingerprint density at radius 3 is 2.79 bits per heavy atom. The summed E-state index contributed by atoms with van der Waals surface area (Å²) in [6.45, 7) is 5.05. The van der Waals surface area contributed by atoms with Gasteiger partial charge in [-0.25, -0.2) is 5.43 Å². The maximum absolute atomic E-state index is 11.6. The third kappa shape index (κ3) is 5.85. The molecule has 1 aromatic rings. The Morgan fingerprint density at radius 2 is 2.12 bits per heavy atom. The van der Waals surface area contributed by atoms with Crippen LogP contribution in [-0.4, -0.2) is 43.9 Å². The first-order chi connectivity index (χ1) is 11.7. The van der Waals surface area contributed by atoms with Crippen LogP contribution in [0.15, 0.2) is 42.0 Å². The van der Waals surface area contributed by atoms with Crippen molar-refractivity contribution in [1.29, 1.82) is 0 Å². The van der Waals surface area contributed by atoms with Crippen LogP contribution < -0.4 is 15.5 Å². The highest BCUT2D eigenvalue weighted by Crippen LogP contribution is 2.11. The Labute approximate surface area is 140 Å². The van der Waals surface area contributed by atoms with E-state index in [1.807, 2.05) is 0 Å². The molecule has 2 amide bonds. The quantitative estimate of drug-likeness (QED) is 0.338. The average molecular weight is 331 g/mol. The lowest BCUT2D eigenvalue weighted by Gasteiger charge is -2.09. The largest absolute Gasteiger partial charge is 0.490 e. The predicted octanol–water partition coefficient (Wildman–Crippen LogP) is 0.997. The summed E-state index contributed by atoms with van der Waals surface area (Å²) in [7, 11) is 0. The van der Waals surface area contributed by atoms with Gasteiger partial charge in [0.1, 0.15) is 12.4 Å². The Balaban J connectivity index is 1.72. The Bertz CT molecular complexity index is 592. The van der Waals surface area contributed by atoms with Gasteiger partial charge in [0, 0.05) is 13.2 Å². The lowest BCUT2D eigenvalue weighted by molar-refractivity contribution is -0.139. The van der Waals surface area contributed by atoms with Crippen molar-refractivity contribution in [3.05, 3.63) is 42.5 Å². The van der Waals surface area contributed by atoms with Gasteiger partial charge in [-0.15, -0.1) is 0 Å². The molecule has 0 aliphatic carbocycles.